The number of carbonyl (C=O) groups excluding carboxylic acids is 2. The molecular formula is C21H38N7O17P3S. The summed E-state index contributed by atoms with van der Waals surface area (Å²) in [5.41, 5.74) is 4.30. The average Bonchev–Trinajstić information content (AvgIpc) is 3.54. The van der Waals surface area contributed by atoms with Gasteiger partial charge in [0.05, 0.1) is 19.5 Å². The van der Waals surface area contributed by atoms with Gasteiger partial charge in [-0.05, 0) is 0 Å². The van der Waals surface area contributed by atoms with E-state index in [9.17, 15) is 53.1 Å². The summed E-state index contributed by atoms with van der Waals surface area (Å²) in [5.74, 6) is -0.943. The zero-order valence-corrected chi connectivity index (χ0v) is 29.3. The molecule has 12 N–H and O–H groups in total. The first kappa shape index (κ1) is 43.0. The lowest BCUT2D eigenvalue weighted by atomic mass is 9.87. The average molecular weight is 786 g/mol. The normalized spacial score (nSPS) is 22.9. The number of nitrogens with zero attached hydrogens (tertiary/aromatic N) is 4. The molecule has 1 fully saturated rings. The molecule has 0 aromatic carbocycles. The smallest absolute Gasteiger partial charge is 0.412 e. The summed E-state index contributed by atoms with van der Waals surface area (Å²) in [7, 11) is -16.3. The summed E-state index contributed by atoms with van der Waals surface area (Å²) in [6.07, 6.45) is -6.74. The van der Waals surface area contributed by atoms with E-state index in [0.717, 1.165) is 17.2 Å². The Morgan fingerprint density at radius 2 is 1.76 bits per heavy atom. The summed E-state index contributed by atoms with van der Waals surface area (Å²) in [4.78, 5) is 74.6. The van der Waals surface area contributed by atoms with Gasteiger partial charge in [-0.1, -0.05) is 13.8 Å². The third kappa shape index (κ3) is 12.2. The standard InChI is InChI=1S/C21H36N7O16P3S.H2O/c1-21(2,16(31)19(32)24-4-3-12(29)23-5-6-48)8-41-47(38,39)44-46(36,37)40-7-11-15(43-45(33,34)35)14(30)20(42-11)28-10-27-13-17(22)25-9-26-18(13)28;/h9-11,14-16,20,30-31,48H,3-8H2,1-2H3,(H,23,29)(H,24,32)(H,36,37)(H,38,39)(H2,22,25,26)(H2,33,34,35);1H2/t11-,14-,15-,16?,20-;/m1./s1. The van der Waals surface area contributed by atoms with Gasteiger partial charge in [0.2, 0.25) is 11.8 Å². The van der Waals surface area contributed by atoms with Crippen LogP contribution in [0.25, 0.3) is 11.2 Å². The topological polar surface area (TPSA) is 378 Å². The van der Waals surface area contributed by atoms with Crippen LogP contribution in [0, 0.1) is 5.41 Å². The fraction of sp³-hybridized carbons (Fsp3) is 0.667. The minimum Gasteiger partial charge on any atom is -0.412 e. The van der Waals surface area contributed by atoms with Crippen molar-refractivity contribution in [3.8, 4) is 0 Å². The number of anilines is 1. The van der Waals surface area contributed by atoms with Crippen LogP contribution in [0.5, 0.6) is 0 Å². The molecule has 1 aliphatic rings. The number of aliphatic hydroxyl groups excluding tert-OH is 2. The van der Waals surface area contributed by atoms with Crippen molar-refractivity contribution < 1.29 is 81.2 Å². The molecule has 7 atom stereocenters. The number of imidazole rings is 1. The van der Waals surface area contributed by atoms with Crippen LogP contribution in [0.1, 0.15) is 26.5 Å². The number of phosphoric acid groups is 3. The van der Waals surface area contributed by atoms with Crippen LogP contribution < -0.4 is 16.4 Å². The third-order valence-corrected chi connectivity index (χ3v) is 9.83. The van der Waals surface area contributed by atoms with Gasteiger partial charge in [-0.25, -0.2) is 28.6 Å². The summed E-state index contributed by atoms with van der Waals surface area (Å²) >= 11 is 3.95. The molecule has 1 aliphatic heterocycles. The fourth-order valence-corrected chi connectivity index (χ4v) is 7.08. The molecule has 28 heteroatoms. The Labute approximate surface area is 282 Å². The van der Waals surface area contributed by atoms with Gasteiger partial charge in [-0.15, -0.1) is 0 Å². The number of phosphoric ester groups is 3. The number of rotatable bonds is 18. The Bertz CT molecular complexity index is 1600. The molecule has 24 nitrogen and oxygen atoms in total. The minimum absolute atomic E-state index is 0. The Balaban J connectivity index is 0.00000833. The zero-order chi connectivity index (χ0) is 36.1. The second-order valence-electron chi connectivity index (χ2n) is 10.8. The van der Waals surface area contributed by atoms with Crippen molar-refractivity contribution in [1.82, 2.24) is 30.2 Å². The maximum Gasteiger partial charge on any atom is 0.481 e. The fourth-order valence-electron chi connectivity index (χ4n) is 4.14. The van der Waals surface area contributed by atoms with Gasteiger partial charge in [0.15, 0.2) is 17.7 Å². The molecule has 1 saturated heterocycles. The van der Waals surface area contributed by atoms with Crippen LogP contribution in [0.2, 0.25) is 0 Å². The molecule has 0 bridgehead atoms. The van der Waals surface area contributed by atoms with Gasteiger partial charge in [0.25, 0.3) is 0 Å². The van der Waals surface area contributed by atoms with Crippen molar-refractivity contribution in [3.05, 3.63) is 12.7 Å². The van der Waals surface area contributed by atoms with Crippen LogP contribution in [0.15, 0.2) is 12.7 Å². The van der Waals surface area contributed by atoms with Gasteiger partial charge in [0.1, 0.15) is 36.3 Å². The molecule has 3 heterocycles. The summed E-state index contributed by atoms with van der Waals surface area (Å²) in [6, 6.07) is 0. The predicted octanol–water partition coefficient (Wildman–Crippen LogP) is -2.49. The Morgan fingerprint density at radius 1 is 1.10 bits per heavy atom. The molecule has 2 amide bonds. The highest BCUT2D eigenvalue weighted by Gasteiger charge is 2.50. The predicted molar refractivity (Wildman–Crippen MR) is 167 cm³/mol. The number of hydrogen-bond acceptors (Lipinski definition) is 17. The van der Waals surface area contributed by atoms with E-state index < -0.39 is 78.6 Å². The van der Waals surface area contributed by atoms with Crippen molar-refractivity contribution in [1.29, 1.82) is 0 Å². The number of hydrogen-bond donors (Lipinski definition) is 10. The van der Waals surface area contributed by atoms with Crippen LogP contribution in [0.4, 0.5) is 5.82 Å². The van der Waals surface area contributed by atoms with E-state index in [1.165, 1.54) is 13.8 Å². The quantitative estimate of drug-likeness (QED) is 0.0552. The molecule has 49 heavy (non-hydrogen) atoms. The number of aliphatic hydroxyl groups is 2. The van der Waals surface area contributed by atoms with E-state index in [-0.39, 0.29) is 41.3 Å². The highest BCUT2D eigenvalue weighted by molar-refractivity contribution is 7.80. The first-order valence-corrected chi connectivity index (χ1v) is 18.8. The van der Waals surface area contributed by atoms with Gasteiger partial charge in [-0.3, -0.25) is 27.7 Å². The minimum atomic E-state index is -5.54. The molecule has 0 aliphatic carbocycles. The first-order chi connectivity index (χ1) is 22.2. The molecule has 0 saturated carbocycles. The molecular weight excluding hydrogens is 747 g/mol. The SMILES string of the molecule is CC(C)(COP(=O)(O)OP(=O)(O)OC[C@H]1O[C@@H](n2cnc3c(N)ncnc32)[C@H](O)[C@@H]1OP(=O)(O)O)C(O)C(=O)NCCC(=O)NCCS.O. The Hall–Kier alpha value is -2.15. The van der Waals surface area contributed by atoms with E-state index in [4.69, 9.17) is 19.5 Å². The molecule has 0 radical (unpaired) electrons. The second kappa shape index (κ2) is 17.4. The monoisotopic (exact) mass is 785 g/mol. The lowest BCUT2D eigenvalue weighted by molar-refractivity contribution is -0.137. The van der Waals surface area contributed by atoms with Crippen molar-refractivity contribution >= 4 is 64.9 Å². The number of nitrogens with one attached hydrogen (secondary N) is 2. The maximum atomic E-state index is 12.6. The lowest BCUT2D eigenvalue weighted by Crippen LogP contribution is -2.46. The molecule has 280 valence electrons. The third-order valence-electron chi connectivity index (χ3n) is 6.51. The number of nitrogen functional groups attached to an aromatic ring is 1. The molecule has 3 unspecified atom stereocenters. The number of fused-ring (bicyclic) bond motifs is 1. The number of carbonyl (C=O) groups is 2. The Morgan fingerprint density at radius 3 is 2.39 bits per heavy atom. The lowest BCUT2D eigenvalue weighted by Gasteiger charge is -2.30. The summed E-state index contributed by atoms with van der Waals surface area (Å²) in [5, 5.41) is 26.1. The van der Waals surface area contributed by atoms with Crippen molar-refractivity contribution in [2.75, 3.05) is 37.8 Å². The van der Waals surface area contributed by atoms with E-state index >= 15 is 0 Å². The van der Waals surface area contributed by atoms with Crippen LogP contribution in [-0.2, 0) is 45.9 Å². The number of aromatic nitrogens is 4. The van der Waals surface area contributed by atoms with Crippen LogP contribution in [0.3, 0.4) is 0 Å². The summed E-state index contributed by atoms with van der Waals surface area (Å²) in [6.45, 7) is 0.723. The van der Waals surface area contributed by atoms with Crippen molar-refractivity contribution in [3.63, 3.8) is 0 Å². The molecule has 2 aromatic rings. The molecule has 3 rings (SSSR count). The van der Waals surface area contributed by atoms with E-state index in [2.05, 4.69) is 47.0 Å². The number of nitrogens with two attached hydrogens (primary N) is 1. The van der Waals surface area contributed by atoms with Gasteiger partial charge in [0, 0.05) is 30.7 Å². The highest BCUT2D eigenvalue weighted by atomic mass is 32.1. The zero-order valence-electron chi connectivity index (χ0n) is 25.7. The number of amides is 2. The van der Waals surface area contributed by atoms with Gasteiger partial charge in [-0.2, -0.15) is 16.9 Å². The van der Waals surface area contributed by atoms with Gasteiger partial charge < -0.3 is 56.4 Å². The number of ether oxygens (including phenoxy) is 1. The van der Waals surface area contributed by atoms with E-state index in [1.54, 1.807) is 0 Å². The van der Waals surface area contributed by atoms with E-state index in [1.807, 2.05) is 0 Å². The van der Waals surface area contributed by atoms with Crippen LogP contribution in [-0.4, -0.2) is 123 Å². The van der Waals surface area contributed by atoms with Gasteiger partial charge >= 0.3 is 23.5 Å². The molecule has 0 spiro atoms. The first-order valence-electron chi connectivity index (χ1n) is 13.7. The largest absolute Gasteiger partial charge is 0.481 e. The van der Waals surface area contributed by atoms with Crippen molar-refractivity contribution in [2.24, 2.45) is 5.41 Å². The van der Waals surface area contributed by atoms with E-state index in [0.29, 0.717) is 12.3 Å². The summed E-state index contributed by atoms with van der Waals surface area (Å²) < 4.78 is 61.7. The van der Waals surface area contributed by atoms with Crippen molar-refractivity contribution in [2.45, 2.75) is 50.9 Å². The second-order valence-corrected chi connectivity index (χ2v) is 15.5. The maximum absolute atomic E-state index is 12.6. The highest BCUT2D eigenvalue weighted by Crippen LogP contribution is 2.61. The number of thiol groups is 1. The Kier molecular flexibility index (Phi) is 15.3. The van der Waals surface area contributed by atoms with Crippen LogP contribution >= 0.6 is 36.1 Å². The molecule has 2 aromatic heterocycles.